The number of nitrogens with zero attached hydrogens (tertiary/aromatic N) is 1. The van der Waals surface area contributed by atoms with Gasteiger partial charge in [0.2, 0.25) is 5.75 Å². The van der Waals surface area contributed by atoms with E-state index in [1.54, 1.807) is 19.9 Å². The fourth-order valence-corrected chi connectivity index (χ4v) is 3.05. The number of halogens is 2. The highest BCUT2D eigenvalue weighted by atomic mass is 35.5. The minimum Gasteiger partial charge on any atom is -0.493 e. The number of esters is 1. The highest BCUT2D eigenvalue weighted by Gasteiger charge is 2.24. The van der Waals surface area contributed by atoms with Crippen molar-refractivity contribution in [3.05, 3.63) is 45.7 Å². The summed E-state index contributed by atoms with van der Waals surface area (Å²) in [6, 6.07) is 3.09. The number of rotatable bonds is 9. The molecule has 0 saturated heterocycles. The van der Waals surface area contributed by atoms with Gasteiger partial charge in [-0.1, -0.05) is 23.2 Å². The third kappa shape index (κ3) is 5.74. The summed E-state index contributed by atoms with van der Waals surface area (Å²) in [7, 11) is 2.86. The molecular weight excluding hydrogens is 421 g/mol. The van der Waals surface area contributed by atoms with E-state index in [1.165, 1.54) is 32.7 Å². The molecule has 0 aliphatic heterocycles. The second-order valence-corrected chi connectivity index (χ2v) is 7.00. The summed E-state index contributed by atoms with van der Waals surface area (Å²) in [4.78, 5) is 28.8. The minimum atomic E-state index is -0.580. The second-order valence-electron chi connectivity index (χ2n) is 6.19. The Morgan fingerprint density at radius 2 is 1.69 bits per heavy atom. The molecule has 9 heteroatoms. The first-order valence-electron chi connectivity index (χ1n) is 8.66. The monoisotopic (exact) mass is 441 g/mol. The van der Waals surface area contributed by atoms with E-state index >= 15 is 0 Å². The van der Waals surface area contributed by atoms with Crippen LogP contribution in [0.1, 0.15) is 29.8 Å². The van der Waals surface area contributed by atoms with Gasteiger partial charge in [-0.2, -0.15) is 0 Å². The van der Waals surface area contributed by atoms with E-state index in [9.17, 15) is 9.59 Å². The molecule has 0 aliphatic carbocycles. The highest BCUT2D eigenvalue weighted by Crippen LogP contribution is 2.41. The molecule has 0 saturated carbocycles. The molecule has 0 amide bonds. The summed E-state index contributed by atoms with van der Waals surface area (Å²) in [5.41, 5.74) is 0.622. The zero-order valence-electron chi connectivity index (χ0n) is 16.5. The fraction of sp³-hybridized carbons (Fsp3) is 0.350. The van der Waals surface area contributed by atoms with E-state index in [2.05, 4.69) is 4.98 Å². The van der Waals surface area contributed by atoms with Gasteiger partial charge >= 0.3 is 5.97 Å². The number of benzene rings is 1. The van der Waals surface area contributed by atoms with Crippen LogP contribution in [0, 0.1) is 0 Å². The number of hydrogen-bond donors (Lipinski definition) is 0. The standard InChI is InChI=1S/C20H21Cl2NO6/c1-11(2)29-18(25)10-28-19-12(5-6-17(26-3)20(19)27-4)16(24)7-13-14(21)8-23-9-15(13)22/h5-6,8-9,11H,7,10H2,1-4H3. The summed E-state index contributed by atoms with van der Waals surface area (Å²) in [6.07, 6.45) is 2.42. The molecule has 156 valence electrons. The quantitative estimate of drug-likeness (QED) is 0.426. The van der Waals surface area contributed by atoms with Crippen molar-refractivity contribution in [1.82, 2.24) is 4.98 Å². The molecule has 2 aromatic rings. The second kappa shape index (κ2) is 10.3. The topological polar surface area (TPSA) is 84.0 Å². The molecule has 2 rings (SSSR count). The predicted molar refractivity (Wildman–Crippen MR) is 109 cm³/mol. The number of aromatic nitrogens is 1. The minimum absolute atomic E-state index is 0.0684. The molecule has 0 radical (unpaired) electrons. The van der Waals surface area contributed by atoms with Crippen molar-refractivity contribution in [2.75, 3.05) is 20.8 Å². The molecule has 1 aromatic heterocycles. The molecule has 0 aliphatic rings. The van der Waals surface area contributed by atoms with Crippen molar-refractivity contribution in [3.63, 3.8) is 0 Å². The molecule has 29 heavy (non-hydrogen) atoms. The lowest BCUT2D eigenvalue weighted by Gasteiger charge is -2.17. The average molecular weight is 442 g/mol. The molecule has 0 unspecified atom stereocenters. The summed E-state index contributed by atoms with van der Waals surface area (Å²) in [5, 5.41) is 0.545. The van der Waals surface area contributed by atoms with Crippen molar-refractivity contribution in [2.24, 2.45) is 0 Å². The van der Waals surface area contributed by atoms with E-state index in [-0.39, 0.29) is 45.4 Å². The number of carbonyl (C=O) groups is 2. The third-order valence-corrected chi connectivity index (χ3v) is 4.44. The van der Waals surface area contributed by atoms with Gasteiger partial charge < -0.3 is 18.9 Å². The van der Waals surface area contributed by atoms with Crippen LogP contribution in [0.2, 0.25) is 10.0 Å². The zero-order valence-corrected chi connectivity index (χ0v) is 18.0. The van der Waals surface area contributed by atoms with Gasteiger partial charge in [0.05, 0.1) is 35.9 Å². The van der Waals surface area contributed by atoms with Crippen LogP contribution in [0.3, 0.4) is 0 Å². The van der Waals surface area contributed by atoms with Crippen LogP contribution in [0.25, 0.3) is 0 Å². The Morgan fingerprint density at radius 1 is 1.03 bits per heavy atom. The first-order valence-corrected chi connectivity index (χ1v) is 9.42. The van der Waals surface area contributed by atoms with Gasteiger partial charge in [-0.25, -0.2) is 4.79 Å². The van der Waals surface area contributed by atoms with E-state index in [4.69, 9.17) is 42.1 Å². The molecule has 1 heterocycles. The van der Waals surface area contributed by atoms with E-state index < -0.39 is 12.6 Å². The Labute approximate surface area is 178 Å². The van der Waals surface area contributed by atoms with Crippen molar-refractivity contribution in [2.45, 2.75) is 26.4 Å². The Morgan fingerprint density at radius 3 is 2.24 bits per heavy atom. The maximum Gasteiger partial charge on any atom is 0.344 e. The van der Waals surface area contributed by atoms with Gasteiger partial charge in [0.1, 0.15) is 0 Å². The van der Waals surface area contributed by atoms with Crippen LogP contribution < -0.4 is 14.2 Å². The van der Waals surface area contributed by atoms with Gasteiger partial charge in [0.15, 0.2) is 23.9 Å². The molecule has 0 fully saturated rings. The lowest BCUT2D eigenvalue weighted by Crippen LogP contribution is -2.20. The van der Waals surface area contributed by atoms with Gasteiger partial charge in [-0.05, 0) is 26.0 Å². The number of Topliss-reactive ketones (excluding diaryl/α,β-unsaturated/α-hetero) is 1. The maximum absolute atomic E-state index is 13.0. The van der Waals surface area contributed by atoms with Crippen LogP contribution >= 0.6 is 23.2 Å². The van der Waals surface area contributed by atoms with E-state index in [1.807, 2.05) is 0 Å². The first kappa shape index (κ1) is 22.8. The molecule has 7 nitrogen and oxygen atoms in total. The maximum atomic E-state index is 13.0. The van der Waals surface area contributed by atoms with Crippen LogP contribution in [0.5, 0.6) is 17.2 Å². The fourth-order valence-electron chi connectivity index (χ4n) is 2.55. The van der Waals surface area contributed by atoms with Crippen LogP contribution in [0.15, 0.2) is 24.5 Å². The third-order valence-electron chi connectivity index (χ3n) is 3.79. The first-order chi connectivity index (χ1) is 13.8. The Kier molecular flexibility index (Phi) is 8.10. The zero-order chi connectivity index (χ0) is 21.6. The van der Waals surface area contributed by atoms with Gasteiger partial charge in [0, 0.05) is 24.4 Å². The predicted octanol–water partition coefficient (Wildman–Crippen LogP) is 4.16. The van der Waals surface area contributed by atoms with Gasteiger partial charge in [-0.3, -0.25) is 9.78 Å². The van der Waals surface area contributed by atoms with Crippen molar-refractivity contribution < 1.29 is 28.5 Å². The number of pyridine rings is 1. The smallest absolute Gasteiger partial charge is 0.344 e. The summed E-state index contributed by atoms with van der Waals surface area (Å²) in [5.74, 6) is -0.325. The van der Waals surface area contributed by atoms with Crippen molar-refractivity contribution in [1.29, 1.82) is 0 Å². The lowest BCUT2D eigenvalue weighted by molar-refractivity contribution is -0.149. The Balaban J connectivity index is 2.39. The number of carbonyl (C=O) groups excluding carboxylic acids is 2. The van der Waals surface area contributed by atoms with Gasteiger partial charge in [0.25, 0.3) is 0 Å². The molecule has 1 aromatic carbocycles. The van der Waals surface area contributed by atoms with Crippen LogP contribution in [0.4, 0.5) is 0 Å². The number of hydrogen-bond acceptors (Lipinski definition) is 7. The highest BCUT2D eigenvalue weighted by molar-refractivity contribution is 6.36. The molecule has 0 atom stereocenters. The number of ether oxygens (including phenoxy) is 4. The molecular formula is C20H21Cl2NO6. The van der Waals surface area contributed by atoms with Crippen molar-refractivity contribution in [3.8, 4) is 17.2 Å². The Hall–Kier alpha value is -2.51. The van der Waals surface area contributed by atoms with Gasteiger partial charge in [-0.15, -0.1) is 0 Å². The largest absolute Gasteiger partial charge is 0.493 e. The average Bonchev–Trinajstić information content (AvgIpc) is 2.67. The van der Waals surface area contributed by atoms with Crippen molar-refractivity contribution >= 4 is 35.0 Å². The van der Waals surface area contributed by atoms with E-state index in [0.717, 1.165) is 0 Å². The Bertz CT molecular complexity index is 881. The molecule has 0 spiro atoms. The molecule has 0 bridgehead atoms. The van der Waals surface area contributed by atoms with E-state index in [0.29, 0.717) is 11.3 Å². The summed E-state index contributed by atoms with van der Waals surface area (Å²) in [6.45, 7) is 3.04. The SMILES string of the molecule is COc1ccc(C(=O)Cc2c(Cl)cncc2Cl)c(OCC(=O)OC(C)C)c1OC. The summed E-state index contributed by atoms with van der Waals surface area (Å²) < 4.78 is 21.3. The van der Waals surface area contributed by atoms with Crippen LogP contribution in [-0.4, -0.2) is 43.7 Å². The molecule has 0 N–H and O–H groups in total. The number of methoxy groups -OCH3 is 2. The normalized spacial score (nSPS) is 10.6. The lowest BCUT2D eigenvalue weighted by atomic mass is 10.0. The summed E-state index contributed by atoms with van der Waals surface area (Å²) >= 11 is 12.2. The van der Waals surface area contributed by atoms with Crippen LogP contribution in [-0.2, 0) is 16.0 Å². The number of ketones is 1.